The fourth-order valence-corrected chi connectivity index (χ4v) is 5.94. The van der Waals surface area contributed by atoms with E-state index in [1.165, 1.54) is 32.9 Å². The van der Waals surface area contributed by atoms with Gasteiger partial charge in [0, 0.05) is 38.2 Å². The van der Waals surface area contributed by atoms with E-state index in [1.54, 1.807) is 11.0 Å². The molecule has 1 aromatic heterocycles. The number of nitrogen functional groups attached to an aromatic ring is 1. The molecule has 13 heteroatoms. The highest BCUT2D eigenvalue weighted by molar-refractivity contribution is 7.99. The smallest absolute Gasteiger partial charge is 0.243 e. The Morgan fingerprint density at radius 2 is 1.81 bits per heavy atom. The summed E-state index contributed by atoms with van der Waals surface area (Å²) in [7, 11) is -3.69. The average molecular weight is 481 g/mol. The van der Waals surface area contributed by atoms with Crippen molar-refractivity contribution in [3.8, 4) is 11.5 Å². The first-order valence-electron chi connectivity index (χ1n) is 10.4. The van der Waals surface area contributed by atoms with Gasteiger partial charge in [0.05, 0.1) is 10.6 Å². The van der Waals surface area contributed by atoms with Crippen LogP contribution < -0.4 is 15.3 Å². The van der Waals surface area contributed by atoms with Crippen molar-refractivity contribution in [1.82, 2.24) is 24.1 Å². The van der Waals surface area contributed by atoms with Crippen LogP contribution in [-0.2, 0) is 14.8 Å². The number of thioether (sulfide) groups is 1. The standard InChI is InChI=1S/C19H24N6O5S2/c20-25-18(13-1-2-13)21-22-19(25)31-12-17(26)23-5-7-24(8-6-23)32(27,28)14-3-4-15-16(11-14)30-10-9-29-15/h3-4,11,13H,1-2,5-10,12,20H2. The number of nitrogens with zero attached hydrogens (tertiary/aromatic N) is 5. The number of carbonyl (C=O) groups excluding carboxylic acids is 1. The van der Waals surface area contributed by atoms with Gasteiger partial charge in [-0.3, -0.25) is 4.79 Å². The van der Waals surface area contributed by atoms with Crippen molar-refractivity contribution < 1.29 is 22.7 Å². The van der Waals surface area contributed by atoms with Crippen molar-refractivity contribution in [3.63, 3.8) is 0 Å². The summed E-state index contributed by atoms with van der Waals surface area (Å²) < 4.78 is 39.9. The maximum atomic E-state index is 13.1. The fraction of sp³-hybridized carbons (Fsp3) is 0.526. The normalized spacial score (nSPS) is 19.2. The highest BCUT2D eigenvalue weighted by Gasteiger charge is 2.32. The Hall–Kier alpha value is -2.51. The molecule has 0 spiro atoms. The third-order valence-corrected chi connectivity index (χ3v) is 8.52. The second kappa shape index (κ2) is 8.45. The van der Waals surface area contributed by atoms with Crippen LogP contribution in [0.5, 0.6) is 11.5 Å². The van der Waals surface area contributed by atoms with Gasteiger partial charge in [0.1, 0.15) is 13.2 Å². The molecule has 2 fully saturated rings. The van der Waals surface area contributed by atoms with Crippen LogP contribution in [0.1, 0.15) is 24.6 Å². The molecule has 0 bridgehead atoms. The van der Waals surface area contributed by atoms with E-state index >= 15 is 0 Å². The lowest BCUT2D eigenvalue weighted by atomic mass is 10.3. The van der Waals surface area contributed by atoms with E-state index in [9.17, 15) is 13.2 Å². The summed E-state index contributed by atoms with van der Waals surface area (Å²) in [5.41, 5.74) is 0. The summed E-state index contributed by atoms with van der Waals surface area (Å²) in [5, 5.41) is 8.70. The lowest BCUT2D eigenvalue weighted by Crippen LogP contribution is -2.51. The lowest BCUT2D eigenvalue weighted by Gasteiger charge is -2.34. The number of rotatable bonds is 6. The van der Waals surface area contributed by atoms with Crippen molar-refractivity contribution in [2.24, 2.45) is 0 Å². The molecule has 1 saturated heterocycles. The number of ether oxygens (including phenoxy) is 2. The van der Waals surface area contributed by atoms with Crippen LogP contribution >= 0.6 is 11.8 Å². The van der Waals surface area contributed by atoms with Crippen LogP contribution in [0.4, 0.5) is 0 Å². The minimum absolute atomic E-state index is 0.0812. The van der Waals surface area contributed by atoms with Gasteiger partial charge < -0.3 is 20.2 Å². The summed E-state index contributed by atoms with van der Waals surface area (Å²) in [5.74, 6) is 8.24. The van der Waals surface area contributed by atoms with Gasteiger partial charge >= 0.3 is 0 Å². The Balaban J connectivity index is 1.17. The Bertz CT molecular complexity index is 1130. The number of fused-ring (bicyclic) bond motifs is 1. The number of hydrogen-bond acceptors (Lipinski definition) is 9. The third kappa shape index (κ3) is 4.11. The average Bonchev–Trinajstić information content (AvgIpc) is 3.59. The molecule has 172 valence electrons. The predicted octanol–water partition coefficient (Wildman–Crippen LogP) is 0.266. The molecule has 11 nitrogen and oxygen atoms in total. The molecule has 2 aromatic rings. The van der Waals surface area contributed by atoms with Gasteiger partial charge in [-0.15, -0.1) is 10.2 Å². The van der Waals surface area contributed by atoms with Crippen LogP contribution in [0.15, 0.2) is 28.3 Å². The first kappa shape index (κ1) is 21.3. The molecule has 1 aromatic carbocycles. The first-order chi connectivity index (χ1) is 15.4. The maximum Gasteiger partial charge on any atom is 0.243 e. The van der Waals surface area contributed by atoms with Crippen molar-refractivity contribution in [2.45, 2.75) is 28.8 Å². The quantitative estimate of drug-likeness (QED) is 0.457. The van der Waals surface area contributed by atoms with Gasteiger partial charge in [0.2, 0.25) is 21.1 Å². The zero-order valence-corrected chi connectivity index (χ0v) is 19.0. The largest absolute Gasteiger partial charge is 0.486 e. The number of hydrogen-bond donors (Lipinski definition) is 1. The van der Waals surface area contributed by atoms with E-state index < -0.39 is 10.0 Å². The van der Waals surface area contributed by atoms with Crippen molar-refractivity contribution in [1.29, 1.82) is 0 Å². The molecule has 1 amide bonds. The molecule has 0 radical (unpaired) electrons. The van der Waals surface area contributed by atoms with Gasteiger partial charge in [0.15, 0.2) is 17.3 Å². The second-order valence-electron chi connectivity index (χ2n) is 7.86. The Morgan fingerprint density at radius 3 is 2.53 bits per heavy atom. The van der Waals surface area contributed by atoms with Crippen LogP contribution in [0.25, 0.3) is 0 Å². The molecular formula is C19H24N6O5S2. The number of carbonyl (C=O) groups is 1. The molecular weight excluding hydrogens is 456 g/mol. The Kier molecular flexibility index (Phi) is 5.63. The molecule has 3 heterocycles. The summed E-state index contributed by atoms with van der Waals surface area (Å²) >= 11 is 1.25. The number of piperazine rings is 1. The minimum atomic E-state index is -3.69. The summed E-state index contributed by atoms with van der Waals surface area (Å²) in [6.45, 7) is 1.94. The molecule has 1 saturated carbocycles. The Labute approximate surface area is 189 Å². The third-order valence-electron chi connectivity index (χ3n) is 5.70. The highest BCUT2D eigenvalue weighted by atomic mass is 32.2. The van der Waals surface area contributed by atoms with Crippen molar-refractivity contribution in [2.75, 3.05) is 51.0 Å². The summed E-state index contributed by atoms with van der Waals surface area (Å²) in [4.78, 5) is 14.5. The minimum Gasteiger partial charge on any atom is -0.486 e. The monoisotopic (exact) mass is 480 g/mol. The van der Waals surface area contributed by atoms with E-state index in [2.05, 4.69) is 10.2 Å². The number of benzene rings is 1. The maximum absolute atomic E-state index is 13.1. The van der Waals surface area contributed by atoms with E-state index in [4.69, 9.17) is 15.3 Å². The Morgan fingerprint density at radius 1 is 1.09 bits per heavy atom. The fourth-order valence-electron chi connectivity index (χ4n) is 3.74. The van der Waals surface area contributed by atoms with Gasteiger partial charge in [-0.1, -0.05) is 11.8 Å². The van der Waals surface area contributed by atoms with Crippen molar-refractivity contribution in [3.05, 3.63) is 24.0 Å². The lowest BCUT2D eigenvalue weighted by molar-refractivity contribution is -0.129. The summed E-state index contributed by atoms with van der Waals surface area (Å²) in [6.07, 6.45) is 2.14. The zero-order valence-electron chi connectivity index (χ0n) is 17.3. The molecule has 0 unspecified atom stereocenters. The molecule has 2 N–H and O–H groups in total. The number of aromatic nitrogens is 3. The highest BCUT2D eigenvalue weighted by Crippen LogP contribution is 2.39. The van der Waals surface area contributed by atoms with E-state index in [0.717, 1.165) is 18.7 Å². The predicted molar refractivity (Wildman–Crippen MR) is 116 cm³/mol. The van der Waals surface area contributed by atoms with E-state index in [0.29, 0.717) is 48.9 Å². The molecule has 32 heavy (non-hydrogen) atoms. The van der Waals surface area contributed by atoms with Crippen LogP contribution in [-0.4, -0.2) is 83.5 Å². The SMILES string of the molecule is Nn1c(SCC(=O)N2CCN(S(=O)(=O)c3ccc4c(c3)OCCO4)CC2)nnc1C1CC1. The van der Waals surface area contributed by atoms with Crippen LogP contribution in [0.3, 0.4) is 0 Å². The zero-order chi connectivity index (χ0) is 22.3. The molecule has 3 aliphatic rings. The molecule has 2 aliphatic heterocycles. The van der Waals surface area contributed by atoms with Crippen LogP contribution in [0.2, 0.25) is 0 Å². The molecule has 1 aliphatic carbocycles. The topological polar surface area (TPSA) is 133 Å². The van der Waals surface area contributed by atoms with Crippen molar-refractivity contribution >= 4 is 27.7 Å². The van der Waals surface area contributed by atoms with Gasteiger partial charge in [-0.25, -0.2) is 13.1 Å². The molecule has 5 rings (SSSR count). The van der Waals surface area contributed by atoms with Gasteiger partial charge in [-0.2, -0.15) is 4.31 Å². The number of amides is 1. The first-order valence-corrected chi connectivity index (χ1v) is 12.9. The van der Waals surface area contributed by atoms with E-state index in [-0.39, 0.29) is 29.6 Å². The van der Waals surface area contributed by atoms with Gasteiger partial charge in [0.25, 0.3) is 0 Å². The van der Waals surface area contributed by atoms with Gasteiger partial charge in [-0.05, 0) is 25.0 Å². The summed E-state index contributed by atoms with van der Waals surface area (Å²) in [6, 6.07) is 4.63. The van der Waals surface area contributed by atoms with E-state index in [1.807, 2.05) is 0 Å². The second-order valence-corrected chi connectivity index (χ2v) is 10.7. The molecule has 0 atom stereocenters. The van der Waals surface area contributed by atoms with Crippen LogP contribution in [0, 0.1) is 0 Å². The number of nitrogens with two attached hydrogens (primary N) is 1. The number of sulfonamides is 1.